The van der Waals surface area contributed by atoms with Gasteiger partial charge in [0.1, 0.15) is 0 Å². The number of allylic oxidation sites excluding steroid dienone is 3. The number of hydrogen-bond donors (Lipinski definition) is 1. The van der Waals surface area contributed by atoms with Crippen LogP contribution in [0.4, 0.5) is 0 Å². The largest absolute Gasteiger partial charge is 0.359 e. The lowest BCUT2D eigenvalue weighted by atomic mass is 9.74. The van der Waals surface area contributed by atoms with Crippen molar-refractivity contribution in [1.29, 1.82) is 0 Å². The highest BCUT2D eigenvalue weighted by molar-refractivity contribution is 8.02. The molecular weight excluding hydrogens is 232 g/mol. The number of nitrogens with zero attached hydrogens (tertiary/aromatic N) is 1. The van der Waals surface area contributed by atoms with Crippen LogP contribution in [0.3, 0.4) is 0 Å². The number of carbonyl (C=O) groups is 1. The number of amides is 1. The van der Waals surface area contributed by atoms with Gasteiger partial charge in [-0.25, -0.2) is 0 Å². The molecule has 3 nitrogen and oxygen atoms in total. The van der Waals surface area contributed by atoms with E-state index in [9.17, 15) is 4.79 Å². The zero-order valence-corrected chi connectivity index (χ0v) is 10.7. The van der Waals surface area contributed by atoms with Gasteiger partial charge in [0, 0.05) is 19.3 Å². The highest BCUT2D eigenvalue weighted by Crippen LogP contribution is 2.52. The van der Waals surface area contributed by atoms with E-state index in [1.165, 1.54) is 0 Å². The van der Waals surface area contributed by atoms with Crippen molar-refractivity contribution < 1.29 is 4.79 Å². The van der Waals surface area contributed by atoms with Gasteiger partial charge in [-0.3, -0.25) is 9.79 Å². The number of rotatable bonds is 1. The molecule has 3 aliphatic rings. The zero-order valence-electron chi connectivity index (χ0n) is 9.85. The van der Waals surface area contributed by atoms with Crippen molar-refractivity contribution in [3.8, 4) is 0 Å². The molecule has 2 heterocycles. The number of carbonyl (C=O) groups excluding carboxylic acids is 1. The molecule has 90 valence electrons. The van der Waals surface area contributed by atoms with E-state index in [-0.39, 0.29) is 16.6 Å². The molecule has 0 aromatic heterocycles. The molecule has 1 spiro atoms. The van der Waals surface area contributed by atoms with Crippen LogP contribution in [-0.2, 0) is 4.79 Å². The Bertz CT molecular complexity index is 441. The van der Waals surface area contributed by atoms with Crippen molar-refractivity contribution >= 4 is 23.4 Å². The van der Waals surface area contributed by atoms with Crippen LogP contribution in [0.15, 0.2) is 29.3 Å². The molecule has 1 fully saturated rings. The average Bonchev–Trinajstić information content (AvgIpc) is 2.75. The van der Waals surface area contributed by atoms with Crippen molar-refractivity contribution in [2.24, 2.45) is 16.8 Å². The Hall–Kier alpha value is -1.03. The first kappa shape index (κ1) is 11.1. The fourth-order valence-corrected chi connectivity index (χ4v) is 4.90. The van der Waals surface area contributed by atoms with Gasteiger partial charge in [0.05, 0.1) is 16.4 Å². The van der Waals surface area contributed by atoms with E-state index in [0.29, 0.717) is 5.92 Å². The second kappa shape index (κ2) is 4.02. The molecule has 1 saturated heterocycles. The molecule has 1 aliphatic carbocycles. The zero-order chi connectivity index (χ0) is 11.9. The predicted molar refractivity (Wildman–Crippen MR) is 71.4 cm³/mol. The number of hydrogen-bond acceptors (Lipinski definition) is 3. The Morgan fingerprint density at radius 1 is 1.59 bits per heavy atom. The fourth-order valence-electron chi connectivity index (χ4n) is 3.11. The van der Waals surface area contributed by atoms with Crippen LogP contribution < -0.4 is 5.32 Å². The van der Waals surface area contributed by atoms with Crippen molar-refractivity contribution in [3.05, 3.63) is 24.3 Å². The summed E-state index contributed by atoms with van der Waals surface area (Å²) in [6.45, 7) is 0.855. The van der Waals surface area contributed by atoms with Gasteiger partial charge in [0.15, 0.2) is 0 Å². The second-order valence-corrected chi connectivity index (χ2v) is 6.00. The maximum atomic E-state index is 11.9. The smallest absolute Gasteiger partial charge is 0.224 e. The van der Waals surface area contributed by atoms with E-state index in [1.54, 1.807) is 7.05 Å². The van der Waals surface area contributed by atoms with Crippen LogP contribution in [0.2, 0.25) is 0 Å². The summed E-state index contributed by atoms with van der Waals surface area (Å²) in [5, 5.41) is 2.80. The van der Waals surface area contributed by atoms with Gasteiger partial charge >= 0.3 is 0 Å². The summed E-state index contributed by atoms with van der Waals surface area (Å²) in [5.41, 5.74) is 1.16. The minimum Gasteiger partial charge on any atom is -0.359 e. The standard InChI is InChI=1S/C13H16N2OS/c1-14-12(16)9-8-17-13-6-3-2-4-11(13)15-7-5-10(9)13/h2-4,6,9-10H,5,7-8H2,1H3,(H,14,16). The third-order valence-corrected chi connectivity index (χ3v) is 5.60. The molecule has 0 aromatic carbocycles. The predicted octanol–water partition coefficient (Wildman–Crippen LogP) is 1.42. The third-order valence-electron chi connectivity index (χ3n) is 3.95. The van der Waals surface area contributed by atoms with Crippen LogP contribution >= 0.6 is 11.8 Å². The lowest BCUT2D eigenvalue weighted by molar-refractivity contribution is -0.125. The third kappa shape index (κ3) is 1.50. The van der Waals surface area contributed by atoms with E-state index in [2.05, 4.69) is 28.5 Å². The van der Waals surface area contributed by atoms with Gasteiger partial charge in [-0.2, -0.15) is 0 Å². The van der Waals surface area contributed by atoms with E-state index in [0.717, 1.165) is 24.4 Å². The van der Waals surface area contributed by atoms with Crippen LogP contribution in [-0.4, -0.2) is 35.7 Å². The maximum absolute atomic E-state index is 11.9. The number of thioether (sulfide) groups is 1. The number of aliphatic imine (C=N–C) groups is 1. The SMILES string of the molecule is CNC(=O)C1CSC23C=CC=CC2=NCCC13. The summed E-state index contributed by atoms with van der Waals surface area (Å²) in [7, 11) is 1.73. The minimum absolute atomic E-state index is 0.0236. The van der Waals surface area contributed by atoms with Crippen molar-refractivity contribution in [2.45, 2.75) is 11.2 Å². The topological polar surface area (TPSA) is 41.5 Å². The molecule has 4 heteroatoms. The van der Waals surface area contributed by atoms with Crippen LogP contribution in [0, 0.1) is 11.8 Å². The highest BCUT2D eigenvalue weighted by Gasteiger charge is 2.53. The molecule has 0 bridgehead atoms. The lowest BCUT2D eigenvalue weighted by Gasteiger charge is -2.38. The molecule has 3 atom stereocenters. The van der Waals surface area contributed by atoms with Gasteiger partial charge in [0.25, 0.3) is 0 Å². The average molecular weight is 248 g/mol. The fraction of sp³-hybridized carbons (Fsp3) is 0.538. The number of nitrogens with one attached hydrogen (secondary N) is 1. The molecule has 3 unspecified atom stereocenters. The highest BCUT2D eigenvalue weighted by atomic mass is 32.2. The van der Waals surface area contributed by atoms with E-state index in [4.69, 9.17) is 0 Å². The molecule has 17 heavy (non-hydrogen) atoms. The minimum atomic E-state index is -0.0236. The summed E-state index contributed by atoms with van der Waals surface area (Å²) in [6, 6.07) is 0. The molecule has 0 aromatic rings. The second-order valence-electron chi connectivity index (χ2n) is 4.71. The van der Waals surface area contributed by atoms with E-state index < -0.39 is 0 Å². The van der Waals surface area contributed by atoms with Crippen molar-refractivity contribution in [3.63, 3.8) is 0 Å². The quantitative estimate of drug-likeness (QED) is 0.762. The first-order valence-corrected chi connectivity index (χ1v) is 7.03. The molecule has 3 rings (SSSR count). The normalized spacial score (nSPS) is 38.3. The molecular formula is C13H16N2OS. The Balaban J connectivity index is 1.98. The van der Waals surface area contributed by atoms with Gasteiger partial charge < -0.3 is 5.32 Å². The van der Waals surface area contributed by atoms with Crippen molar-refractivity contribution in [2.75, 3.05) is 19.3 Å². The Morgan fingerprint density at radius 3 is 3.29 bits per heavy atom. The Kier molecular flexibility index (Phi) is 2.62. The van der Waals surface area contributed by atoms with Gasteiger partial charge in [-0.15, -0.1) is 11.8 Å². The monoisotopic (exact) mass is 248 g/mol. The van der Waals surface area contributed by atoms with Crippen LogP contribution in [0.1, 0.15) is 6.42 Å². The van der Waals surface area contributed by atoms with Gasteiger partial charge in [-0.05, 0) is 18.4 Å². The summed E-state index contributed by atoms with van der Waals surface area (Å²) < 4.78 is -0.0236. The van der Waals surface area contributed by atoms with E-state index >= 15 is 0 Å². The lowest BCUT2D eigenvalue weighted by Crippen LogP contribution is -2.46. The summed E-state index contributed by atoms with van der Waals surface area (Å²) >= 11 is 1.88. The first-order valence-electron chi connectivity index (χ1n) is 6.04. The van der Waals surface area contributed by atoms with Crippen LogP contribution in [0.25, 0.3) is 0 Å². The van der Waals surface area contributed by atoms with Crippen LogP contribution in [0.5, 0.6) is 0 Å². The van der Waals surface area contributed by atoms with Crippen molar-refractivity contribution in [1.82, 2.24) is 5.32 Å². The molecule has 1 amide bonds. The summed E-state index contributed by atoms with van der Waals surface area (Å²) in [5.74, 6) is 1.62. The summed E-state index contributed by atoms with van der Waals surface area (Å²) in [6.07, 6.45) is 9.50. The van der Waals surface area contributed by atoms with Gasteiger partial charge in [0.2, 0.25) is 5.91 Å². The molecule has 0 radical (unpaired) electrons. The van der Waals surface area contributed by atoms with E-state index in [1.807, 2.05) is 17.8 Å². The molecule has 2 aliphatic heterocycles. The Morgan fingerprint density at radius 2 is 2.47 bits per heavy atom. The van der Waals surface area contributed by atoms with Gasteiger partial charge in [-0.1, -0.05) is 18.2 Å². The summed E-state index contributed by atoms with van der Waals surface area (Å²) in [4.78, 5) is 16.6. The molecule has 1 N–H and O–H groups in total. The Labute approximate surface area is 105 Å². The molecule has 0 saturated carbocycles. The maximum Gasteiger partial charge on any atom is 0.224 e. The first-order chi connectivity index (χ1) is 8.28.